The number of nitrogens with zero attached hydrogens (tertiary/aromatic N) is 1. The molecule has 1 aliphatic heterocycles. The van der Waals surface area contributed by atoms with Crippen molar-refractivity contribution in [1.29, 1.82) is 0 Å². The molecule has 5 heteroatoms. The SMILES string of the molecule is COCC(=O)N1CCC(NCC(C)(C)CO)CC1. The maximum absolute atomic E-state index is 11.6. The van der Waals surface area contributed by atoms with E-state index in [1.165, 1.54) is 0 Å². The molecular weight excluding hydrogens is 232 g/mol. The number of aliphatic hydroxyl groups is 1. The average molecular weight is 258 g/mol. The first kappa shape index (κ1) is 15.4. The lowest BCUT2D eigenvalue weighted by Gasteiger charge is -2.34. The Balaban J connectivity index is 2.25. The molecule has 18 heavy (non-hydrogen) atoms. The molecule has 1 heterocycles. The first-order valence-corrected chi connectivity index (χ1v) is 6.59. The summed E-state index contributed by atoms with van der Waals surface area (Å²) in [5.41, 5.74) is -0.0804. The van der Waals surface area contributed by atoms with Gasteiger partial charge in [-0.15, -0.1) is 0 Å². The Labute approximate surface area is 109 Å². The number of ether oxygens (including phenoxy) is 1. The third kappa shape index (κ3) is 4.92. The highest BCUT2D eigenvalue weighted by atomic mass is 16.5. The highest BCUT2D eigenvalue weighted by Gasteiger charge is 2.24. The first-order chi connectivity index (χ1) is 8.48. The van der Waals surface area contributed by atoms with Crippen molar-refractivity contribution in [2.24, 2.45) is 5.41 Å². The number of methoxy groups -OCH3 is 1. The Morgan fingerprint density at radius 2 is 2.06 bits per heavy atom. The highest BCUT2D eigenvalue weighted by Crippen LogP contribution is 2.15. The van der Waals surface area contributed by atoms with Crippen LogP contribution in [0.1, 0.15) is 26.7 Å². The van der Waals surface area contributed by atoms with Crippen molar-refractivity contribution in [2.45, 2.75) is 32.7 Å². The summed E-state index contributed by atoms with van der Waals surface area (Å²) in [6, 6.07) is 0.447. The summed E-state index contributed by atoms with van der Waals surface area (Å²) in [5.74, 6) is 0.0756. The van der Waals surface area contributed by atoms with Gasteiger partial charge in [0.25, 0.3) is 0 Å². The van der Waals surface area contributed by atoms with Crippen molar-refractivity contribution in [1.82, 2.24) is 10.2 Å². The Bertz CT molecular complexity index is 261. The molecule has 0 saturated carbocycles. The first-order valence-electron chi connectivity index (χ1n) is 6.59. The van der Waals surface area contributed by atoms with Crippen molar-refractivity contribution in [3.63, 3.8) is 0 Å². The number of rotatable bonds is 6. The van der Waals surface area contributed by atoms with E-state index in [4.69, 9.17) is 4.74 Å². The van der Waals surface area contributed by atoms with Crippen molar-refractivity contribution in [3.05, 3.63) is 0 Å². The number of hydrogen-bond donors (Lipinski definition) is 2. The van der Waals surface area contributed by atoms with E-state index in [-0.39, 0.29) is 24.5 Å². The van der Waals surface area contributed by atoms with Gasteiger partial charge in [-0.1, -0.05) is 13.8 Å². The van der Waals surface area contributed by atoms with Crippen LogP contribution < -0.4 is 5.32 Å². The van der Waals surface area contributed by atoms with Gasteiger partial charge in [0.05, 0.1) is 0 Å². The maximum Gasteiger partial charge on any atom is 0.248 e. The van der Waals surface area contributed by atoms with Crippen molar-refractivity contribution >= 4 is 5.91 Å². The summed E-state index contributed by atoms with van der Waals surface area (Å²) < 4.78 is 4.86. The molecule has 0 aromatic heterocycles. The Morgan fingerprint density at radius 1 is 1.44 bits per heavy atom. The lowest BCUT2D eigenvalue weighted by Crippen LogP contribution is -2.48. The second-order valence-corrected chi connectivity index (χ2v) is 5.79. The predicted octanol–water partition coefficient (Wildman–Crippen LogP) is 0.232. The molecule has 1 aliphatic rings. The number of hydrogen-bond acceptors (Lipinski definition) is 4. The van der Waals surface area contributed by atoms with Gasteiger partial charge in [0, 0.05) is 44.8 Å². The van der Waals surface area contributed by atoms with Gasteiger partial charge in [0.2, 0.25) is 5.91 Å². The smallest absolute Gasteiger partial charge is 0.248 e. The number of piperidine rings is 1. The fraction of sp³-hybridized carbons (Fsp3) is 0.923. The van der Waals surface area contributed by atoms with Crippen LogP contribution in [0.2, 0.25) is 0 Å². The number of likely N-dealkylation sites (tertiary alicyclic amines) is 1. The third-order valence-electron chi connectivity index (χ3n) is 3.41. The Hall–Kier alpha value is -0.650. The minimum atomic E-state index is -0.0804. The maximum atomic E-state index is 11.6. The van der Waals surface area contributed by atoms with E-state index in [0.29, 0.717) is 6.04 Å². The molecule has 0 unspecified atom stereocenters. The largest absolute Gasteiger partial charge is 0.396 e. The van der Waals surface area contributed by atoms with Gasteiger partial charge in [-0.05, 0) is 12.8 Å². The van der Waals surface area contributed by atoms with Crippen molar-refractivity contribution < 1.29 is 14.6 Å². The van der Waals surface area contributed by atoms with Gasteiger partial charge in [0.15, 0.2) is 0 Å². The van der Waals surface area contributed by atoms with E-state index in [9.17, 15) is 9.90 Å². The van der Waals surface area contributed by atoms with Crippen LogP contribution in [0.3, 0.4) is 0 Å². The summed E-state index contributed by atoms with van der Waals surface area (Å²) in [5, 5.41) is 12.7. The molecule has 5 nitrogen and oxygen atoms in total. The summed E-state index contributed by atoms with van der Waals surface area (Å²) in [6.45, 7) is 6.83. The molecule has 0 bridgehead atoms. The van der Waals surface area contributed by atoms with E-state index in [1.54, 1.807) is 7.11 Å². The molecule has 0 aromatic rings. The fourth-order valence-corrected chi connectivity index (χ4v) is 2.02. The van der Waals surface area contributed by atoms with Crippen LogP contribution in [0.25, 0.3) is 0 Å². The lowest BCUT2D eigenvalue weighted by atomic mass is 9.93. The van der Waals surface area contributed by atoms with Crippen LogP contribution in [0.4, 0.5) is 0 Å². The molecule has 1 amide bonds. The molecule has 106 valence electrons. The van der Waals surface area contributed by atoms with Gasteiger partial charge in [0.1, 0.15) is 6.61 Å². The molecule has 0 atom stereocenters. The number of carbonyl (C=O) groups excluding carboxylic acids is 1. The van der Waals surface area contributed by atoms with Crippen LogP contribution in [0.5, 0.6) is 0 Å². The third-order valence-corrected chi connectivity index (χ3v) is 3.41. The molecule has 0 spiro atoms. The van der Waals surface area contributed by atoms with Gasteiger partial charge < -0.3 is 20.1 Å². The molecular formula is C13H26N2O3. The molecule has 0 aliphatic carbocycles. The van der Waals surface area contributed by atoms with Gasteiger partial charge >= 0.3 is 0 Å². The molecule has 2 N–H and O–H groups in total. The van der Waals surface area contributed by atoms with Gasteiger partial charge in [-0.25, -0.2) is 0 Å². The monoisotopic (exact) mass is 258 g/mol. The molecule has 1 fully saturated rings. The van der Waals surface area contributed by atoms with E-state index in [2.05, 4.69) is 5.32 Å². The standard InChI is InChI=1S/C13H26N2O3/c1-13(2,10-16)9-14-11-4-6-15(7-5-11)12(17)8-18-3/h11,14,16H,4-10H2,1-3H3. The van der Waals surface area contributed by atoms with Crippen LogP contribution in [-0.4, -0.2) is 61.9 Å². The second kappa shape index (κ2) is 7.07. The van der Waals surface area contributed by atoms with Crippen LogP contribution in [0.15, 0.2) is 0 Å². The van der Waals surface area contributed by atoms with Crippen LogP contribution >= 0.6 is 0 Å². The van der Waals surface area contributed by atoms with Crippen LogP contribution in [-0.2, 0) is 9.53 Å². The number of carbonyl (C=O) groups is 1. The zero-order chi connectivity index (χ0) is 13.6. The second-order valence-electron chi connectivity index (χ2n) is 5.79. The van der Waals surface area contributed by atoms with Crippen molar-refractivity contribution in [2.75, 3.05) is 40.0 Å². The van der Waals surface area contributed by atoms with E-state index in [1.807, 2.05) is 18.7 Å². The number of aliphatic hydroxyl groups excluding tert-OH is 1. The molecule has 0 radical (unpaired) electrons. The zero-order valence-corrected chi connectivity index (χ0v) is 11.7. The van der Waals surface area contributed by atoms with Gasteiger partial charge in [-0.3, -0.25) is 4.79 Å². The Morgan fingerprint density at radius 3 is 2.56 bits per heavy atom. The predicted molar refractivity (Wildman–Crippen MR) is 70.3 cm³/mol. The minimum Gasteiger partial charge on any atom is -0.396 e. The molecule has 1 saturated heterocycles. The van der Waals surface area contributed by atoms with Crippen LogP contribution in [0, 0.1) is 5.41 Å². The summed E-state index contributed by atoms with van der Waals surface area (Å²) >= 11 is 0. The number of nitrogens with one attached hydrogen (secondary N) is 1. The summed E-state index contributed by atoms with van der Waals surface area (Å²) in [4.78, 5) is 13.5. The zero-order valence-electron chi connectivity index (χ0n) is 11.7. The highest BCUT2D eigenvalue weighted by molar-refractivity contribution is 5.77. The fourth-order valence-electron chi connectivity index (χ4n) is 2.02. The molecule has 0 aromatic carbocycles. The van der Waals surface area contributed by atoms with Gasteiger partial charge in [-0.2, -0.15) is 0 Å². The van der Waals surface area contributed by atoms with Crippen molar-refractivity contribution in [3.8, 4) is 0 Å². The number of amides is 1. The average Bonchev–Trinajstić information content (AvgIpc) is 2.37. The summed E-state index contributed by atoms with van der Waals surface area (Å²) in [7, 11) is 1.54. The lowest BCUT2D eigenvalue weighted by molar-refractivity contribution is -0.136. The van der Waals surface area contributed by atoms with E-state index >= 15 is 0 Å². The molecule has 1 rings (SSSR count). The quantitative estimate of drug-likeness (QED) is 0.716. The summed E-state index contributed by atoms with van der Waals surface area (Å²) in [6.07, 6.45) is 1.94. The van der Waals surface area contributed by atoms with E-state index in [0.717, 1.165) is 32.5 Å². The Kier molecular flexibility index (Phi) is 6.05. The topological polar surface area (TPSA) is 61.8 Å². The minimum absolute atomic E-state index is 0.0756. The normalized spacial score (nSPS) is 18.1. The van der Waals surface area contributed by atoms with E-state index < -0.39 is 0 Å².